The Balaban J connectivity index is 2.30. The van der Waals surface area contributed by atoms with Gasteiger partial charge in [-0.15, -0.1) is 0 Å². The molecule has 1 saturated heterocycles. The van der Waals surface area contributed by atoms with Crippen LogP contribution < -0.4 is 0 Å². The molecule has 1 unspecified atom stereocenters. The summed E-state index contributed by atoms with van der Waals surface area (Å²) in [5.74, 6) is 4.77. The number of hydrogen-bond donors (Lipinski definition) is 0. The minimum Gasteiger partial charge on any atom is -0.240 e. The Morgan fingerprint density at radius 1 is 1.56 bits per heavy atom. The molecule has 3 heteroatoms. The first kappa shape index (κ1) is 8.33. The van der Waals surface area contributed by atoms with Gasteiger partial charge in [0.25, 0.3) is 0 Å². The molecule has 0 aromatic heterocycles. The van der Waals surface area contributed by atoms with E-state index in [1.54, 1.807) is 0 Å². The van der Waals surface area contributed by atoms with Gasteiger partial charge in [0.1, 0.15) is 0 Å². The average molecular weight is 176 g/mol. The molecule has 0 nitrogen and oxygen atoms in total. The second kappa shape index (κ2) is 3.57. The van der Waals surface area contributed by atoms with Crippen molar-refractivity contribution >= 4 is 32.1 Å². The molecule has 1 aliphatic heterocycles. The summed E-state index contributed by atoms with van der Waals surface area (Å²) in [6.07, 6.45) is 0. The Morgan fingerprint density at radius 3 is 2.44 bits per heavy atom. The van der Waals surface area contributed by atoms with Crippen molar-refractivity contribution in [3.05, 3.63) is 0 Å². The van der Waals surface area contributed by atoms with Crippen LogP contribution in [0.2, 0.25) is 5.79 Å². The van der Waals surface area contributed by atoms with Gasteiger partial charge < -0.3 is 0 Å². The third-order valence-electron chi connectivity index (χ3n) is 1.61. The monoisotopic (exact) mass is 176 g/mol. The lowest BCUT2D eigenvalue weighted by Gasteiger charge is -2.12. The van der Waals surface area contributed by atoms with Crippen molar-refractivity contribution in [2.75, 3.05) is 5.75 Å². The van der Waals surface area contributed by atoms with Gasteiger partial charge in [0, 0.05) is 0 Å². The van der Waals surface area contributed by atoms with E-state index in [1.165, 1.54) is 5.75 Å². The largest absolute Gasteiger partial charge is 0.426 e. The van der Waals surface area contributed by atoms with Crippen molar-refractivity contribution in [3.8, 4) is 0 Å². The summed E-state index contributed by atoms with van der Waals surface area (Å²) in [6, 6.07) is 0. The molecular formula is C6H13AlS2. The summed E-state index contributed by atoms with van der Waals surface area (Å²) < 4.78 is 0. The van der Waals surface area contributed by atoms with Crippen LogP contribution in [0.5, 0.6) is 0 Å². The molecule has 1 rings (SSSR count). The summed E-state index contributed by atoms with van der Waals surface area (Å²) in [6.45, 7) is 4.68. The van der Waals surface area contributed by atoms with Gasteiger partial charge in [-0.25, -0.2) is 20.3 Å². The Kier molecular flexibility index (Phi) is 3.31. The van der Waals surface area contributed by atoms with E-state index in [9.17, 15) is 0 Å². The maximum absolute atomic E-state index is 2.44. The molecule has 0 bridgehead atoms. The van der Waals surface area contributed by atoms with Crippen LogP contribution in [0.15, 0.2) is 0 Å². The second-order valence-corrected chi connectivity index (χ2v) is 12.5. The van der Waals surface area contributed by atoms with Gasteiger partial charge in [-0.3, -0.25) is 0 Å². The fourth-order valence-corrected chi connectivity index (χ4v) is 11.1. The molecule has 1 fully saturated rings. The van der Waals surface area contributed by atoms with Gasteiger partial charge in [0.2, 0.25) is 0 Å². The van der Waals surface area contributed by atoms with Crippen molar-refractivity contribution in [2.45, 2.75) is 24.9 Å². The SMILES string of the molecule is CC(C)C1C[S][Al]([CH3])[S]1. The fourth-order valence-electron chi connectivity index (χ4n) is 0.905. The molecule has 1 atom stereocenters. The molecule has 0 N–H and O–H groups in total. The Labute approximate surface area is 68.6 Å². The lowest BCUT2D eigenvalue weighted by Crippen LogP contribution is -2.09. The highest BCUT2D eigenvalue weighted by atomic mass is 32.5. The zero-order valence-electron chi connectivity index (χ0n) is 6.26. The molecule has 9 heavy (non-hydrogen) atoms. The third kappa shape index (κ3) is 2.38. The Hall–Kier alpha value is 1.23. The van der Waals surface area contributed by atoms with Crippen LogP contribution >= 0.6 is 20.3 Å². The van der Waals surface area contributed by atoms with Gasteiger partial charge in [-0.05, 0) is 16.9 Å². The molecule has 0 saturated carbocycles. The molecule has 0 amide bonds. The highest BCUT2D eigenvalue weighted by Gasteiger charge is 2.28. The lowest BCUT2D eigenvalue weighted by molar-refractivity contribution is 0.652. The van der Waals surface area contributed by atoms with Gasteiger partial charge in [0.15, 0.2) is 0 Å². The first-order valence-corrected chi connectivity index (χ1v) is 9.44. The number of hydrogen-bond acceptors (Lipinski definition) is 2. The van der Waals surface area contributed by atoms with Crippen LogP contribution in [0.3, 0.4) is 0 Å². The standard InChI is InChI=1S/C5H12S2.CH3.Al/c1-4(2)5(7)3-6;;/h4-7H,3H2,1-2H3;1H3;/q;;+2/p-2. The molecule has 0 radical (unpaired) electrons. The van der Waals surface area contributed by atoms with Crippen LogP contribution in [0, 0.1) is 5.92 Å². The summed E-state index contributed by atoms with van der Waals surface area (Å²) in [4.78, 5) is 0. The van der Waals surface area contributed by atoms with Crippen molar-refractivity contribution in [1.29, 1.82) is 0 Å². The van der Waals surface area contributed by atoms with Crippen molar-refractivity contribution in [1.82, 2.24) is 0 Å². The van der Waals surface area contributed by atoms with Crippen LogP contribution in [0.4, 0.5) is 0 Å². The van der Waals surface area contributed by atoms with Crippen LogP contribution in [0.25, 0.3) is 0 Å². The molecule has 0 aromatic carbocycles. The second-order valence-electron chi connectivity index (χ2n) is 2.82. The van der Waals surface area contributed by atoms with Crippen LogP contribution in [-0.4, -0.2) is 22.9 Å². The van der Waals surface area contributed by atoms with E-state index < -0.39 is 0 Å². The van der Waals surface area contributed by atoms with E-state index in [4.69, 9.17) is 0 Å². The van der Waals surface area contributed by atoms with Gasteiger partial charge in [-0.2, -0.15) is 0 Å². The smallest absolute Gasteiger partial charge is 0.240 e. The quantitative estimate of drug-likeness (QED) is 0.563. The molecular weight excluding hydrogens is 163 g/mol. The molecule has 1 aliphatic rings. The van der Waals surface area contributed by atoms with Crippen LogP contribution in [-0.2, 0) is 0 Å². The molecule has 0 spiro atoms. The highest BCUT2D eigenvalue weighted by molar-refractivity contribution is 8.56. The van der Waals surface area contributed by atoms with E-state index in [1.807, 2.05) is 0 Å². The summed E-state index contributed by atoms with van der Waals surface area (Å²) in [5.41, 5.74) is 0. The maximum atomic E-state index is 2.44. The Bertz CT molecular complexity index is 95.1. The minimum absolute atomic E-state index is 0.330. The molecule has 0 aromatic rings. The molecule has 0 aliphatic carbocycles. The first-order valence-electron chi connectivity index (χ1n) is 3.47. The van der Waals surface area contributed by atoms with Crippen molar-refractivity contribution in [2.24, 2.45) is 5.92 Å². The Morgan fingerprint density at radius 2 is 2.22 bits per heavy atom. The van der Waals surface area contributed by atoms with Gasteiger partial charge in [0.05, 0.1) is 0 Å². The average Bonchev–Trinajstić information content (AvgIpc) is 2.14. The zero-order valence-corrected chi connectivity index (χ0v) is 9.04. The third-order valence-corrected chi connectivity index (χ3v) is 10.7. The van der Waals surface area contributed by atoms with E-state index in [-0.39, 0.29) is 11.9 Å². The lowest BCUT2D eigenvalue weighted by atomic mass is 10.1. The topological polar surface area (TPSA) is 0 Å². The van der Waals surface area contributed by atoms with Crippen molar-refractivity contribution in [3.63, 3.8) is 0 Å². The minimum atomic E-state index is -0.330. The predicted octanol–water partition coefficient (Wildman–Crippen LogP) is 2.61. The van der Waals surface area contributed by atoms with Gasteiger partial charge in [-0.1, -0.05) is 19.6 Å². The summed E-state index contributed by atoms with van der Waals surface area (Å²) in [5, 5.41) is 0.983. The van der Waals surface area contributed by atoms with E-state index in [0.717, 1.165) is 11.2 Å². The van der Waals surface area contributed by atoms with E-state index >= 15 is 0 Å². The highest BCUT2D eigenvalue weighted by Crippen LogP contribution is 2.37. The van der Waals surface area contributed by atoms with Gasteiger partial charge >= 0.3 is 11.9 Å². The summed E-state index contributed by atoms with van der Waals surface area (Å²) >= 11 is -0.330. The number of rotatable bonds is 1. The molecule has 52 valence electrons. The normalized spacial score (nSPS) is 28.0. The predicted molar refractivity (Wildman–Crippen MR) is 50.3 cm³/mol. The molecule has 1 heterocycles. The van der Waals surface area contributed by atoms with Crippen LogP contribution in [0.1, 0.15) is 13.8 Å². The van der Waals surface area contributed by atoms with E-state index in [0.29, 0.717) is 0 Å². The zero-order chi connectivity index (χ0) is 6.85. The fraction of sp³-hybridized carbons (Fsp3) is 1.00. The maximum Gasteiger partial charge on any atom is 0.426 e. The van der Waals surface area contributed by atoms with E-state index in [2.05, 4.69) is 39.9 Å². The summed E-state index contributed by atoms with van der Waals surface area (Å²) in [7, 11) is 4.51. The first-order chi connectivity index (χ1) is 4.20. The van der Waals surface area contributed by atoms with Crippen molar-refractivity contribution < 1.29 is 0 Å².